The molecule has 20 heavy (non-hydrogen) atoms. The van der Waals surface area contributed by atoms with Crippen molar-refractivity contribution >= 4 is 5.69 Å². The predicted octanol–water partition coefficient (Wildman–Crippen LogP) is 3.99. The molecule has 0 aliphatic carbocycles. The average Bonchev–Trinajstić information content (AvgIpc) is 2.40. The molecule has 0 aliphatic heterocycles. The molecule has 0 saturated heterocycles. The van der Waals surface area contributed by atoms with Gasteiger partial charge in [0.1, 0.15) is 11.5 Å². The Balaban J connectivity index is 2.39. The van der Waals surface area contributed by atoms with Gasteiger partial charge in [0.25, 0.3) is 0 Å². The third-order valence-corrected chi connectivity index (χ3v) is 3.64. The first-order valence-electron chi connectivity index (χ1n) is 6.88. The number of hydrogen-bond acceptors (Lipinski definition) is 3. The van der Waals surface area contributed by atoms with Crippen LogP contribution in [0.5, 0.6) is 11.5 Å². The lowest BCUT2D eigenvalue weighted by atomic mass is 10.0. The van der Waals surface area contributed by atoms with Gasteiger partial charge in [-0.05, 0) is 50.1 Å². The van der Waals surface area contributed by atoms with Crippen LogP contribution in [0.15, 0.2) is 42.5 Å². The van der Waals surface area contributed by atoms with E-state index in [2.05, 4.69) is 37.8 Å². The molecule has 0 saturated carbocycles. The second-order valence-corrected chi connectivity index (χ2v) is 5.03. The van der Waals surface area contributed by atoms with Crippen molar-refractivity contribution in [1.29, 1.82) is 0 Å². The van der Waals surface area contributed by atoms with Gasteiger partial charge < -0.3 is 15.1 Å². The third kappa shape index (κ3) is 2.87. The maximum atomic E-state index is 9.64. The summed E-state index contributed by atoms with van der Waals surface area (Å²) >= 11 is 0. The zero-order valence-electron chi connectivity index (χ0n) is 12.2. The lowest BCUT2D eigenvalue weighted by molar-refractivity contribution is 0.448. The molecule has 1 unspecified atom stereocenters. The molecule has 3 nitrogen and oxygen atoms in total. The van der Waals surface area contributed by atoms with Gasteiger partial charge in [-0.1, -0.05) is 18.2 Å². The van der Waals surface area contributed by atoms with Crippen LogP contribution in [0.3, 0.4) is 0 Å². The molecule has 0 radical (unpaired) electrons. The fourth-order valence-corrected chi connectivity index (χ4v) is 2.58. The Hall–Kier alpha value is -2.16. The molecule has 2 aromatic rings. The Morgan fingerprint density at radius 1 is 1.05 bits per heavy atom. The van der Waals surface area contributed by atoms with Crippen LogP contribution in [0.25, 0.3) is 0 Å². The fraction of sp³-hybridized carbons (Fsp3) is 0.294. The summed E-state index contributed by atoms with van der Waals surface area (Å²) in [6.07, 6.45) is 0. The van der Waals surface area contributed by atoms with Gasteiger partial charge in [0.2, 0.25) is 0 Å². The van der Waals surface area contributed by atoms with E-state index < -0.39 is 0 Å². The molecule has 0 bridgehead atoms. The highest BCUT2D eigenvalue weighted by Crippen LogP contribution is 2.32. The van der Waals surface area contributed by atoms with E-state index in [0.29, 0.717) is 0 Å². The molecule has 0 aromatic heterocycles. The van der Waals surface area contributed by atoms with Crippen LogP contribution in [0.1, 0.15) is 31.0 Å². The first-order valence-corrected chi connectivity index (χ1v) is 6.88. The van der Waals surface area contributed by atoms with Gasteiger partial charge in [-0.3, -0.25) is 0 Å². The van der Waals surface area contributed by atoms with Gasteiger partial charge in [-0.15, -0.1) is 0 Å². The smallest absolute Gasteiger partial charge is 0.119 e. The van der Waals surface area contributed by atoms with Crippen LogP contribution in [0.4, 0.5) is 5.69 Å². The Kier molecular flexibility index (Phi) is 4.18. The Bertz CT molecular complexity index is 575. The minimum absolute atomic E-state index is 0.0686. The highest BCUT2D eigenvalue weighted by molar-refractivity contribution is 5.55. The van der Waals surface area contributed by atoms with Gasteiger partial charge in [0, 0.05) is 18.3 Å². The lowest BCUT2D eigenvalue weighted by Crippen LogP contribution is -2.27. The summed E-state index contributed by atoms with van der Waals surface area (Å²) in [5, 5.41) is 19.3. The molecule has 0 heterocycles. The van der Waals surface area contributed by atoms with Crippen molar-refractivity contribution in [2.24, 2.45) is 0 Å². The quantitative estimate of drug-likeness (QED) is 0.883. The SMILES string of the molecule is CCN(c1ccccc1C)C(C)c1cc(O)cc(O)c1. The number of rotatable bonds is 4. The van der Waals surface area contributed by atoms with E-state index >= 15 is 0 Å². The zero-order chi connectivity index (χ0) is 14.7. The summed E-state index contributed by atoms with van der Waals surface area (Å²) < 4.78 is 0. The molecule has 106 valence electrons. The maximum absolute atomic E-state index is 9.64. The van der Waals surface area contributed by atoms with E-state index in [1.165, 1.54) is 17.3 Å². The zero-order valence-corrected chi connectivity index (χ0v) is 12.2. The van der Waals surface area contributed by atoms with E-state index in [4.69, 9.17) is 0 Å². The van der Waals surface area contributed by atoms with Crippen molar-refractivity contribution in [2.45, 2.75) is 26.8 Å². The summed E-state index contributed by atoms with van der Waals surface area (Å²) in [4.78, 5) is 2.25. The first-order chi connectivity index (χ1) is 9.52. The summed E-state index contributed by atoms with van der Waals surface area (Å²) in [6.45, 7) is 7.11. The van der Waals surface area contributed by atoms with E-state index in [1.54, 1.807) is 12.1 Å². The number of nitrogens with zero attached hydrogens (tertiary/aromatic N) is 1. The van der Waals surface area contributed by atoms with Crippen molar-refractivity contribution in [1.82, 2.24) is 0 Å². The van der Waals surface area contributed by atoms with Crippen LogP contribution < -0.4 is 4.90 Å². The van der Waals surface area contributed by atoms with Crippen LogP contribution in [-0.4, -0.2) is 16.8 Å². The summed E-state index contributed by atoms with van der Waals surface area (Å²) in [6, 6.07) is 13.0. The fourth-order valence-electron chi connectivity index (χ4n) is 2.58. The van der Waals surface area contributed by atoms with E-state index in [1.807, 2.05) is 12.1 Å². The highest BCUT2D eigenvalue weighted by atomic mass is 16.3. The monoisotopic (exact) mass is 271 g/mol. The second-order valence-electron chi connectivity index (χ2n) is 5.03. The van der Waals surface area contributed by atoms with Crippen molar-refractivity contribution in [2.75, 3.05) is 11.4 Å². The molecule has 1 atom stereocenters. The topological polar surface area (TPSA) is 43.7 Å². The average molecular weight is 271 g/mol. The minimum Gasteiger partial charge on any atom is -0.508 e. The molecular weight excluding hydrogens is 250 g/mol. The van der Waals surface area contributed by atoms with Crippen molar-refractivity contribution in [3.05, 3.63) is 53.6 Å². The molecule has 2 aromatic carbocycles. The number of phenols is 2. The second kappa shape index (κ2) is 5.87. The van der Waals surface area contributed by atoms with E-state index in [9.17, 15) is 10.2 Å². The lowest BCUT2D eigenvalue weighted by Gasteiger charge is -2.32. The van der Waals surface area contributed by atoms with Crippen LogP contribution in [0, 0.1) is 6.92 Å². The molecule has 0 aliphatic rings. The molecule has 2 rings (SSSR count). The summed E-state index contributed by atoms with van der Waals surface area (Å²) in [7, 11) is 0. The van der Waals surface area contributed by atoms with Gasteiger partial charge in [0.05, 0.1) is 6.04 Å². The highest BCUT2D eigenvalue weighted by Gasteiger charge is 2.17. The van der Waals surface area contributed by atoms with Gasteiger partial charge in [0.15, 0.2) is 0 Å². The number of benzene rings is 2. The van der Waals surface area contributed by atoms with E-state index in [-0.39, 0.29) is 17.5 Å². The molecule has 0 fully saturated rings. The largest absolute Gasteiger partial charge is 0.508 e. The minimum atomic E-state index is 0.0686. The maximum Gasteiger partial charge on any atom is 0.119 e. The van der Waals surface area contributed by atoms with Gasteiger partial charge in [-0.25, -0.2) is 0 Å². The molecule has 0 spiro atoms. The van der Waals surface area contributed by atoms with E-state index in [0.717, 1.165) is 12.1 Å². The van der Waals surface area contributed by atoms with Crippen molar-refractivity contribution in [3.8, 4) is 11.5 Å². The molecular formula is C17H21NO2. The Labute approximate surface area is 120 Å². The van der Waals surface area contributed by atoms with Crippen LogP contribution >= 0.6 is 0 Å². The third-order valence-electron chi connectivity index (χ3n) is 3.64. The van der Waals surface area contributed by atoms with Gasteiger partial charge >= 0.3 is 0 Å². The van der Waals surface area contributed by atoms with Crippen LogP contribution in [-0.2, 0) is 0 Å². The summed E-state index contributed by atoms with van der Waals surface area (Å²) in [5.74, 6) is 0.181. The summed E-state index contributed by atoms with van der Waals surface area (Å²) in [5.41, 5.74) is 3.28. The van der Waals surface area contributed by atoms with Gasteiger partial charge in [-0.2, -0.15) is 0 Å². The van der Waals surface area contributed by atoms with Crippen molar-refractivity contribution < 1.29 is 10.2 Å². The molecule has 0 amide bonds. The van der Waals surface area contributed by atoms with Crippen LogP contribution in [0.2, 0.25) is 0 Å². The number of aromatic hydroxyl groups is 2. The number of anilines is 1. The molecule has 3 heteroatoms. The standard InChI is InChI=1S/C17H21NO2/c1-4-18(17-8-6-5-7-12(17)2)13(3)14-9-15(19)11-16(20)10-14/h5-11,13,19-20H,4H2,1-3H3. The normalized spacial score (nSPS) is 12.2. The number of aryl methyl sites for hydroxylation is 1. The van der Waals surface area contributed by atoms with Crippen molar-refractivity contribution in [3.63, 3.8) is 0 Å². The number of phenolic OH excluding ortho intramolecular Hbond substituents is 2. The molecule has 2 N–H and O–H groups in total. The number of para-hydroxylation sites is 1. The predicted molar refractivity (Wildman–Crippen MR) is 82.4 cm³/mol. The number of hydrogen-bond donors (Lipinski definition) is 2. The Morgan fingerprint density at radius 2 is 1.65 bits per heavy atom. The Morgan fingerprint density at radius 3 is 2.20 bits per heavy atom. The first kappa shape index (κ1) is 14.3.